The predicted octanol–water partition coefficient (Wildman–Crippen LogP) is 1.99. The molecule has 1 N–H and O–H groups in total. The van der Waals surface area contributed by atoms with Crippen LogP contribution in [0, 0.1) is 11.8 Å². The number of carbonyl (C=O) groups excluding carboxylic acids is 1. The van der Waals surface area contributed by atoms with Crippen molar-refractivity contribution in [1.82, 2.24) is 5.32 Å². The number of hydrogen-bond acceptors (Lipinski definition) is 2. The van der Waals surface area contributed by atoms with Crippen LogP contribution < -0.4 is 5.32 Å². The first-order valence-corrected chi connectivity index (χ1v) is 5.39. The predicted molar refractivity (Wildman–Crippen MR) is 54.7 cm³/mol. The summed E-state index contributed by atoms with van der Waals surface area (Å²) >= 11 is 0. The van der Waals surface area contributed by atoms with Crippen LogP contribution in [0.1, 0.15) is 40.0 Å². The Morgan fingerprint density at radius 2 is 2.15 bits per heavy atom. The van der Waals surface area contributed by atoms with E-state index in [2.05, 4.69) is 19.2 Å². The van der Waals surface area contributed by atoms with Gasteiger partial charge in [-0.1, -0.05) is 20.3 Å². The molecule has 1 fully saturated rings. The second kappa shape index (κ2) is 4.75. The zero-order valence-corrected chi connectivity index (χ0v) is 8.97. The molecule has 76 valence electrons. The molecule has 0 aromatic carbocycles. The highest BCUT2D eigenvalue weighted by Crippen LogP contribution is 2.24. The molecule has 1 saturated heterocycles. The van der Waals surface area contributed by atoms with Crippen LogP contribution in [0.25, 0.3) is 0 Å². The average molecular weight is 183 g/mol. The summed E-state index contributed by atoms with van der Waals surface area (Å²) in [5.41, 5.74) is 0. The van der Waals surface area contributed by atoms with Crippen LogP contribution in [0.2, 0.25) is 0 Å². The van der Waals surface area contributed by atoms with Crippen molar-refractivity contribution in [1.29, 1.82) is 0 Å². The van der Waals surface area contributed by atoms with Gasteiger partial charge in [-0.15, -0.1) is 0 Å². The van der Waals surface area contributed by atoms with Gasteiger partial charge in [0.1, 0.15) is 5.78 Å². The van der Waals surface area contributed by atoms with Gasteiger partial charge in [-0.25, -0.2) is 0 Å². The van der Waals surface area contributed by atoms with Gasteiger partial charge in [0.15, 0.2) is 0 Å². The van der Waals surface area contributed by atoms with E-state index in [4.69, 9.17) is 0 Å². The van der Waals surface area contributed by atoms with E-state index in [9.17, 15) is 4.79 Å². The van der Waals surface area contributed by atoms with Crippen molar-refractivity contribution in [3.05, 3.63) is 0 Å². The van der Waals surface area contributed by atoms with Crippen molar-refractivity contribution >= 4 is 5.78 Å². The van der Waals surface area contributed by atoms with Crippen molar-refractivity contribution in [2.24, 2.45) is 11.8 Å². The molecule has 0 aromatic heterocycles. The largest absolute Gasteiger partial charge is 0.307 e. The molecule has 1 rings (SSSR count). The van der Waals surface area contributed by atoms with E-state index in [0.717, 1.165) is 18.9 Å². The summed E-state index contributed by atoms with van der Waals surface area (Å²) in [5, 5.41) is 3.35. The number of hydrogen-bond donors (Lipinski definition) is 1. The quantitative estimate of drug-likeness (QED) is 0.709. The normalized spacial score (nSPS) is 35.5. The van der Waals surface area contributed by atoms with E-state index >= 15 is 0 Å². The van der Waals surface area contributed by atoms with Gasteiger partial charge in [0.2, 0.25) is 0 Å². The lowest BCUT2D eigenvalue weighted by molar-refractivity contribution is -0.119. The lowest BCUT2D eigenvalue weighted by Gasteiger charge is -2.18. The smallest absolute Gasteiger partial charge is 0.146 e. The zero-order chi connectivity index (χ0) is 9.84. The highest BCUT2D eigenvalue weighted by molar-refractivity contribution is 5.81. The molecule has 0 bridgehead atoms. The molecule has 0 saturated carbocycles. The maximum absolute atomic E-state index is 11.2. The fraction of sp³-hybridized carbons (Fsp3) is 0.909. The van der Waals surface area contributed by atoms with Crippen LogP contribution in [-0.2, 0) is 4.79 Å². The highest BCUT2D eigenvalue weighted by atomic mass is 16.1. The Morgan fingerprint density at radius 3 is 2.69 bits per heavy atom. The Hall–Kier alpha value is -0.370. The Morgan fingerprint density at radius 1 is 1.46 bits per heavy atom. The number of carbonyl (C=O) groups is 1. The van der Waals surface area contributed by atoms with Gasteiger partial charge in [0.05, 0.1) is 6.04 Å². The maximum atomic E-state index is 11.2. The summed E-state index contributed by atoms with van der Waals surface area (Å²) in [6, 6.07) is 0.124. The summed E-state index contributed by atoms with van der Waals surface area (Å²) in [5.74, 6) is 1.81. The molecule has 2 heteroatoms. The van der Waals surface area contributed by atoms with Gasteiger partial charge in [-0.05, 0) is 38.1 Å². The van der Waals surface area contributed by atoms with Crippen molar-refractivity contribution in [3.63, 3.8) is 0 Å². The van der Waals surface area contributed by atoms with Crippen LogP contribution >= 0.6 is 0 Å². The third-order valence-corrected chi connectivity index (χ3v) is 3.33. The van der Waals surface area contributed by atoms with Crippen molar-refractivity contribution in [3.8, 4) is 0 Å². The second-order valence-corrected chi connectivity index (χ2v) is 4.29. The van der Waals surface area contributed by atoms with Crippen LogP contribution in [0.15, 0.2) is 0 Å². The van der Waals surface area contributed by atoms with Gasteiger partial charge in [-0.3, -0.25) is 4.79 Å². The van der Waals surface area contributed by atoms with E-state index in [-0.39, 0.29) is 6.04 Å². The first-order valence-electron chi connectivity index (χ1n) is 5.39. The molecule has 2 unspecified atom stereocenters. The summed E-state index contributed by atoms with van der Waals surface area (Å²) in [6.45, 7) is 7.22. The van der Waals surface area contributed by atoms with E-state index < -0.39 is 0 Å². The summed E-state index contributed by atoms with van der Waals surface area (Å²) in [7, 11) is 0. The minimum Gasteiger partial charge on any atom is -0.307 e. The number of nitrogens with one attached hydrogen (secondary N) is 1. The van der Waals surface area contributed by atoms with Gasteiger partial charge in [-0.2, -0.15) is 0 Å². The van der Waals surface area contributed by atoms with E-state index in [1.165, 1.54) is 12.8 Å². The summed E-state index contributed by atoms with van der Waals surface area (Å²) < 4.78 is 0. The molecular formula is C11H21NO. The Kier molecular flexibility index (Phi) is 3.91. The minimum absolute atomic E-state index is 0.124. The third kappa shape index (κ3) is 2.80. The van der Waals surface area contributed by atoms with E-state index in [1.54, 1.807) is 6.92 Å². The van der Waals surface area contributed by atoms with Crippen molar-refractivity contribution in [2.45, 2.75) is 46.1 Å². The SMILES string of the molecule is CCC1CC[C@@H](C(C)=O)NCC1C. The number of Topliss-reactive ketones (excluding diaryl/α,β-unsaturated/α-hetero) is 1. The molecule has 0 aromatic rings. The number of ketones is 1. The first-order chi connectivity index (χ1) is 6.15. The fourth-order valence-corrected chi connectivity index (χ4v) is 2.22. The molecule has 2 nitrogen and oxygen atoms in total. The Bertz CT molecular complexity index is 179. The zero-order valence-electron chi connectivity index (χ0n) is 8.97. The standard InChI is InChI=1S/C11H21NO/c1-4-10-5-6-11(9(3)13)12-7-8(10)2/h8,10-12H,4-7H2,1-3H3/t8?,10?,11-/m0/s1. The van der Waals surface area contributed by atoms with Gasteiger partial charge in [0.25, 0.3) is 0 Å². The van der Waals surface area contributed by atoms with Crippen molar-refractivity contribution in [2.75, 3.05) is 6.54 Å². The van der Waals surface area contributed by atoms with Gasteiger partial charge < -0.3 is 5.32 Å². The fourth-order valence-electron chi connectivity index (χ4n) is 2.22. The van der Waals surface area contributed by atoms with Gasteiger partial charge in [0, 0.05) is 0 Å². The van der Waals surface area contributed by atoms with Crippen LogP contribution in [0.3, 0.4) is 0 Å². The third-order valence-electron chi connectivity index (χ3n) is 3.33. The molecule has 13 heavy (non-hydrogen) atoms. The molecule has 1 heterocycles. The lowest BCUT2D eigenvalue weighted by Crippen LogP contribution is -2.35. The molecule has 0 spiro atoms. The molecule has 0 aliphatic carbocycles. The molecular weight excluding hydrogens is 162 g/mol. The highest BCUT2D eigenvalue weighted by Gasteiger charge is 2.24. The maximum Gasteiger partial charge on any atom is 0.146 e. The van der Waals surface area contributed by atoms with Crippen molar-refractivity contribution < 1.29 is 4.79 Å². The topological polar surface area (TPSA) is 29.1 Å². The van der Waals surface area contributed by atoms with Crippen LogP contribution in [0.5, 0.6) is 0 Å². The minimum atomic E-state index is 0.124. The average Bonchev–Trinajstić information content (AvgIpc) is 2.27. The second-order valence-electron chi connectivity index (χ2n) is 4.29. The van der Waals surface area contributed by atoms with Crippen LogP contribution in [0.4, 0.5) is 0 Å². The summed E-state index contributed by atoms with van der Waals surface area (Å²) in [4.78, 5) is 11.2. The van der Waals surface area contributed by atoms with Crippen LogP contribution in [-0.4, -0.2) is 18.4 Å². The summed E-state index contributed by atoms with van der Waals surface area (Å²) in [6.07, 6.45) is 3.47. The molecule has 1 aliphatic heterocycles. The molecule has 1 aliphatic rings. The van der Waals surface area contributed by atoms with E-state index in [0.29, 0.717) is 11.7 Å². The monoisotopic (exact) mass is 183 g/mol. The first kappa shape index (κ1) is 10.7. The lowest BCUT2D eigenvalue weighted by atomic mass is 9.88. The van der Waals surface area contributed by atoms with Gasteiger partial charge >= 0.3 is 0 Å². The number of rotatable bonds is 2. The molecule has 3 atom stereocenters. The molecule has 0 radical (unpaired) electrons. The Labute approximate surface area is 81.1 Å². The molecule has 0 amide bonds. The Balaban J connectivity index is 2.51. The van der Waals surface area contributed by atoms with E-state index in [1.807, 2.05) is 0 Å².